The Kier molecular flexibility index (Phi) is 4.77. The summed E-state index contributed by atoms with van der Waals surface area (Å²) in [6.07, 6.45) is 4.38. The first-order valence-electron chi connectivity index (χ1n) is 7.24. The molecule has 2 rings (SSSR count). The van der Waals surface area contributed by atoms with Gasteiger partial charge in [0.15, 0.2) is 0 Å². The van der Waals surface area contributed by atoms with E-state index in [0.29, 0.717) is 0 Å². The number of carbonyl (C=O) groups excluding carboxylic acids is 1. The summed E-state index contributed by atoms with van der Waals surface area (Å²) in [5, 5.41) is 2.91. The van der Waals surface area contributed by atoms with Crippen LogP contribution < -0.4 is 5.32 Å². The van der Waals surface area contributed by atoms with Gasteiger partial charge in [-0.25, -0.2) is 4.79 Å². The van der Waals surface area contributed by atoms with Crippen molar-refractivity contribution in [3.8, 4) is 0 Å². The van der Waals surface area contributed by atoms with E-state index in [2.05, 4.69) is 15.2 Å². The summed E-state index contributed by atoms with van der Waals surface area (Å²) in [7, 11) is 2.01. The second kappa shape index (κ2) is 6.55. The predicted octanol–water partition coefficient (Wildman–Crippen LogP) is 3.74. The summed E-state index contributed by atoms with van der Waals surface area (Å²) < 4.78 is 0. The number of carbonyl (C=O) groups is 1. The number of aryl methyl sites for hydroxylation is 2. The highest BCUT2D eigenvalue weighted by Gasteiger charge is 2.13. The van der Waals surface area contributed by atoms with Crippen molar-refractivity contribution < 1.29 is 4.79 Å². The average molecular weight is 273 g/mol. The van der Waals surface area contributed by atoms with Gasteiger partial charge in [-0.2, -0.15) is 4.99 Å². The zero-order chi connectivity index (χ0) is 14.5. The van der Waals surface area contributed by atoms with Crippen molar-refractivity contribution in [1.29, 1.82) is 0 Å². The Morgan fingerprint density at radius 3 is 2.60 bits per heavy atom. The SMILES string of the molecule is Cc1cccc(C)c1NC(=O)/N=C1\CCCCCN1C. The lowest BCUT2D eigenvalue weighted by Gasteiger charge is -2.18. The highest BCUT2D eigenvalue weighted by atomic mass is 16.2. The molecule has 1 aliphatic rings. The molecule has 108 valence electrons. The Morgan fingerprint density at radius 1 is 1.20 bits per heavy atom. The van der Waals surface area contributed by atoms with Crippen molar-refractivity contribution in [2.24, 2.45) is 4.99 Å². The smallest absolute Gasteiger partial charge is 0.347 e. The second-order valence-electron chi connectivity index (χ2n) is 5.46. The van der Waals surface area contributed by atoms with Crippen LogP contribution >= 0.6 is 0 Å². The monoisotopic (exact) mass is 273 g/mol. The molecule has 1 fully saturated rings. The Hall–Kier alpha value is -1.84. The van der Waals surface area contributed by atoms with Gasteiger partial charge in [0, 0.05) is 25.7 Å². The van der Waals surface area contributed by atoms with Crippen LogP contribution in [0.5, 0.6) is 0 Å². The number of anilines is 1. The van der Waals surface area contributed by atoms with Crippen molar-refractivity contribution in [3.63, 3.8) is 0 Å². The van der Waals surface area contributed by atoms with Crippen molar-refractivity contribution >= 4 is 17.6 Å². The number of aliphatic imine (C=N–C) groups is 1. The zero-order valence-corrected chi connectivity index (χ0v) is 12.6. The Balaban J connectivity index is 2.12. The predicted molar refractivity (Wildman–Crippen MR) is 83.5 cm³/mol. The molecule has 0 bridgehead atoms. The van der Waals surface area contributed by atoms with Crippen LogP contribution in [0.3, 0.4) is 0 Å². The van der Waals surface area contributed by atoms with Crippen LogP contribution in [-0.2, 0) is 0 Å². The number of nitrogens with one attached hydrogen (secondary N) is 1. The Bertz CT molecular complexity index is 502. The molecular formula is C16H23N3O. The summed E-state index contributed by atoms with van der Waals surface area (Å²) in [6, 6.07) is 5.71. The van der Waals surface area contributed by atoms with Gasteiger partial charge in [-0.3, -0.25) is 0 Å². The molecule has 1 aromatic carbocycles. The first-order chi connectivity index (χ1) is 9.58. The molecule has 0 unspecified atom stereocenters. The van der Waals surface area contributed by atoms with Crippen LogP contribution in [0.15, 0.2) is 23.2 Å². The molecule has 0 atom stereocenters. The van der Waals surface area contributed by atoms with Crippen LogP contribution in [0.4, 0.5) is 10.5 Å². The Labute approximate surface area is 120 Å². The minimum atomic E-state index is -0.272. The quantitative estimate of drug-likeness (QED) is 0.847. The number of likely N-dealkylation sites (tertiary alicyclic amines) is 1. The van der Waals surface area contributed by atoms with E-state index in [9.17, 15) is 4.79 Å². The molecule has 1 saturated heterocycles. The lowest BCUT2D eigenvalue weighted by Crippen LogP contribution is -2.27. The third-order valence-electron chi connectivity index (χ3n) is 3.78. The number of para-hydroxylation sites is 1. The van der Waals surface area contributed by atoms with Crippen molar-refractivity contribution in [2.75, 3.05) is 18.9 Å². The maximum Gasteiger partial charge on any atom is 0.347 e. The van der Waals surface area contributed by atoms with Crippen molar-refractivity contribution in [2.45, 2.75) is 39.5 Å². The minimum absolute atomic E-state index is 0.272. The molecule has 4 heteroatoms. The molecule has 1 heterocycles. The normalized spacial score (nSPS) is 17.9. The van der Waals surface area contributed by atoms with E-state index in [1.54, 1.807) is 0 Å². The minimum Gasteiger partial charge on any atom is -0.363 e. The maximum absolute atomic E-state index is 12.1. The number of hydrogen-bond donors (Lipinski definition) is 1. The van der Waals surface area contributed by atoms with Crippen LogP contribution in [0.25, 0.3) is 0 Å². The largest absolute Gasteiger partial charge is 0.363 e. The fourth-order valence-electron chi connectivity index (χ4n) is 2.53. The molecule has 4 nitrogen and oxygen atoms in total. The van der Waals surface area contributed by atoms with Gasteiger partial charge in [0.25, 0.3) is 0 Å². The van der Waals surface area contributed by atoms with Gasteiger partial charge >= 0.3 is 6.03 Å². The molecular weight excluding hydrogens is 250 g/mol. The third-order valence-corrected chi connectivity index (χ3v) is 3.78. The number of urea groups is 1. The van der Waals surface area contributed by atoms with Crippen molar-refractivity contribution in [3.05, 3.63) is 29.3 Å². The zero-order valence-electron chi connectivity index (χ0n) is 12.6. The van der Waals surface area contributed by atoms with Crippen LogP contribution in [0, 0.1) is 13.8 Å². The second-order valence-corrected chi connectivity index (χ2v) is 5.46. The average Bonchev–Trinajstić information content (AvgIpc) is 2.60. The number of rotatable bonds is 1. The molecule has 0 spiro atoms. The molecule has 0 aliphatic carbocycles. The third kappa shape index (κ3) is 3.59. The van der Waals surface area contributed by atoms with E-state index in [4.69, 9.17) is 0 Å². The van der Waals surface area contributed by atoms with Gasteiger partial charge in [0.1, 0.15) is 5.84 Å². The molecule has 20 heavy (non-hydrogen) atoms. The highest BCUT2D eigenvalue weighted by molar-refractivity contribution is 6.00. The molecule has 1 aliphatic heterocycles. The number of amidine groups is 1. The van der Waals surface area contributed by atoms with Gasteiger partial charge < -0.3 is 10.2 Å². The molecule has 1 N–H and O–H groups in total. The first-order valence-corrected chi connectivity index (χ1v) is 7.24. The van der Waals surface area contributed by atoms with Gasteiger partial charge in [-0.05, 0) is 37.8 Å². The lowest BCUT2D eigenvalue weighted by molar-refractivity contribution is 0.259. The number of amides is 2. The number of nitrogens with zero attached hydrogens (tertiary/aromatic N) is 2. The van der Waals surface area contributed by atoms with E-state index in [-0.39, 0.29) is 6.03 Å². The maximum atomic E-state index is 12.1. The molecule has 0 radical (unpaired) electrons. The Morgan fingerprint density at radius 2 is 1.90 bits per heavy atom. The number of benzene rings is 1. The topological polar surface area (TPSA) is 44.7 Å². The summed E-state index contributed by atoms with van der Waals surface area (Å²) in [6.45, 7) is 4.97. The van der Waals surface area contributed by atoms with E-state index in [1.165, 1.54) is 12.8 Å². The molecule has 0 saturated carbocycles. The van der Waals surface area contributed by atoms with Crippen molar-refractivity contribution in [1.82, 2.24) is 4.90 Å². The van der Waals surface area contributed by atoms with Crippen LogP contribution in [-0.4, -0.2) is 30.4 Å². The molecule has 1 aromatic rings. The molecule has 2 amide bonds. The summed E-state index contributed by atoms with van der Waals surface area (Å²) >= 11 is 0. The number of hydrogen-bond acceptors (Lipinski definition) is 1. The molecule has 0 aromatic heterocycles. The fourth-order valence-corrected chi connectivity index (χ4v) is 2.53. The summed E-state index contributed by atoms with van der Waals surface area (Å²) in [5.74, 6) is 0.895. The van der Waals surface area contributed by atoms with Crippen LogP contribution in [0.2, 0.25) is 0 Å². The van der Waals surface area contributed by atoms with E-state index in [0.717, 1.165) is 42.0 Å². The van der Waals surface area contributed by atoms with E-state index in [1.807, 2.05) is 39.1 Å². The van der Waals surface area contributed by atoms with Crippen LogP contribution in [0.1, 0.15) is 36.8 Å². The summed E-state index contributed by atoms with van der Waals surface area (Å²) in [5.41, 5.74) is 3.00. The van der Waals surface area contributed by atoms with Gasteiger partial charge in [-0.15, -0.1) is 0 Å². The van der Waals surface area contributed by atoms with E-state index < -0.39 is 0 Å². The lowest BCUT2D eigenvalue weighted by atomic mass is 10.1. The van der Waals surface area contributed by atoms with Gasteiger partial charge in [0.2, 0.25) is 0 Å². The highest BCUT2D eigenvalue weighted by Crippen LogP contribution is 2.20. The van der Waals surface area contributed by atoms with Gasteiger partial charge in [-0.1, -0.05) is 24.6 Å². The van der Waals surface area contributed by atoms with Gasteiger partial charge in [0.05, 0.1) is 0 Å². The fraction of sp³-hybridized carbons (Fsp3) is 0.500. The standard InChI is InChI=1S/C16H23N3O/c1-12-8-7-9-13(2)15(12)18-16(20)17-14-10-5-4-6-11-19(14)3/h7-9H,4-6,10-11H2,1-3H3,(H,18,20)/b17-14+. The first kappa shape index (κ1) is 14.6. The van der Waals surface area contributed by atoms with E-state index >= 15 is 0 Å². The summed E-state index contributed by atoms with van der Waals surface area (Å²) in [4.78, 5) is 18.5.